The molecule has 4 bridgehead atoms. The van der Waals surface area contributed by atoms with E-state index in [1.807, 2.05) is 32.2 Å². The van der Waals surface area contributed by atoms with Crippen molar-refractivity contribution in [1.82, 2.24) is 9.78 Å². The molecule has 1 aromatic carbocycles. The fourth-order valence-corrected chi connectivity index (χ4v) is 7.50. The smallest absolute Gasteiger partial charge is 0.263 e. The Balaban J connectivity index is 1.42. The number of aromatic nitrogens is 2. The van der Waals surface area contributed by atoms with Crippen LogP contribution in [0.4, 0.5) is 5.82 Å². The quantitative estimate of drug-likeness (QED) is 0.857. The zero-order valence-electron chi connectivity index (χ0n) is 16.0. The molecule has 0 amide bonds. The number of aryl methyl sites for hydroxylation is 2. The van der Waals surface area contributed by atoms with Gasteiger partial charge in [0.2, 0.25) is 0 Å². The van der Waals surface area contributed by atoms with Gasteiger partial charge in [0.25, 0.3) is 10.0 Å². The highest BCUT2D eigenvalue weighted by Gasteiger charge is 2.52. The van der Waals surface area contributed by atoms with Crippen molar-refractivity contribution in [3.8, 4) is 0 Å². The van der Waals surface area contributed by atoms with Crippen molar-refractivity contribution in [3.63, 3.8) is 0 Å². The molecular weight excluding hydrogens is 358 g/mol. The Morgan fingerprint density at radius 3 is 2.30 bits per heavy atom. The SMILES string of the molecule is Cc1ccc(C)c(S(=O)(=O)Nc2ccn(C34CC5CC(CC(C5)C3)C4)n2)c1. The van der Waals surface area contributed by atoms with E-state index in [4.69, 9.17) is 0 Å². The normalized spacial score (nSPS) is 32.0. The second-order valence-corrected chi connectivity index (χ2v) is 10.8. The number of hydrogen-bond donors (Lipinski definition) is 1. The highest BCUT2D eigenvalue weighted by Crippen LogP contribution is 2.58. The van der Waals surface area contributed by atoms with Crippen LogP contribution in [0.3, 0.4) is 0 Å². The molecular formula is C21H27N3O2S. The fourth-order valence-electron chi connectivity index (χ4n) is 6.18. The summed E-state index contributed by atoms with van der Waals surface area (Å²) in [5.41, 5.74) is 1.78. The summed E-state index contributed by atoms with van der Waals surface area (Å²) in [6.07, 6.45) is 9.72. The molecule has 4 fully saturated rings. The Hall–Kier alpha value is -1.82. The lowest BCUT2D eigenvalue weighted by Crippen LogP contribution is -2.52. The number of rotatable bonds is 4. The van der Waals surface area contributed by atoms with Crippen molar-refractivity contribution in [2.75, 3.05) is 4.72 Å². The average Bonchev–Trinajstić information content (AvgIpc) is 3.04. The largest absolute Gasteiger partial charge is 0.264 e. The third kappa shape index (κ3) is 2.89. The van der Waals surface area contributed by atoms with Crippen molar-refractivity contribution in [2.45, 2.75) is 62.8 Å². The van der Waals surface area contributed by atoms with Gasteiger partial charge in [-0.15, -0.1) is 0 Å². The van der Waals surface area contributed by atoms with Crippen LogP contribution in [-0.4, -0.2) is 18.2 Å². The van der Waals surface area contributed by atoms with Crippen LogP contribution in [0.15, 0.2) is 35.4 Å². The van der Waals surface area contributed by atoms with Gasteiger partial charge in [-0.25, -0.2) is 8.42 Å². The lowest BCUT2D eigenvalue weighted by Gasteiger charge is -2.56. The molecule has 6 heteroatoms. The minimum Gasteiger partial charge on any atom is -0.264 e. The highest BCUT2D eigenvalue weighted by atomic mass is 32.2. The van der Waals surface area contributed by atoms with Gasteiger partial charge in [-0.2, -0.15) is 5.10 Å². The second-order valence-electron chi connectivity index (χ2n) is 9.16. The molecule has 6 rings (SSSR count). The van der Waals surface area contributed by atoms with Crippen molar-refractivity contribution in [1.29, 1.82) is 0 Å². The van der Waals surface area contributed by atoms with Gasteiger partial charge in [-0.3, -0.25) is 9.40 Å². The molecule has 0 aliphatic heterocycles. The zero-order valence-corrected chi connectivity index (χ0v) is 16.8. The van der Waals surface area contributed by atoms with Crippen LogP contribution in [0.1, 0.15) is 49.7 Å². The molecule has 0 atom stereocenters. The Labute approximate surface area is 161 Å². The number of sulfonamides is 1. The molecule has 144 valence electrons. The molecule has 1 aromatic heterocycles. The van der Waals surface area contributed by atoms with E-state index in [1.54, 1.807) is 12.1 Å². The Bertz CT molecular complexity index is 957. The fraction of sp³-hybridized carbons (Fsp3) is 0.571. The average molecular weight is 386 g/mol. The first-order chi connectivity index (χ1) is 12.8. The topological polar surface area (TPSA) is 64.0 Å². The first kappa shape index (κ1) is 17.3. The van der Waals surface area contributed by atoms with Crippen LogP contribution in [0.2, 0.25) is 0 Å². The molecule has 4 saturated carbocycles. The maximum atomic E-state index is 12.9. The van der Waals surface area contributed by atoms with Crippen molar-refractivity contribution < 1.29 is 8.42 Å². The molecule has 5 nitrogen and oxygen atoms in total. The van der Waals surface area contributed by atoms with Gasteiger partial charge in [0, 0.05) is 12.3 Å². The molecule has 0 spiro atoms. The van der Waals surface area contributed by atoms with E-state index in [0.717, 1.165) is 28.9 Å². The molecule has 4 aliphatic rings. The van der Waals surface area contributed by atoms with E-state index in [9.17, 15) is 8.42 Å². The first-order valence-corrected chi connectivity index (χ1v) is 11.5. The predicted octanol–water partition coefficient (Wildman–Crippen LogP) is 4.23. The van der Waals surface area contributed by atoms with E-state index in [-0.39, 0.29) is 5.54 Å². The lowest BCUT2D eigenvalue weighted by atomic mass is 9.53. The third-order valence-corrected chi connectivity index (χ3v) is 8.45. The number of nitrogens with zero attached hydrogens (tertiary/aromatic N) is 2. The van der Waals surface area contributed by atoms with E-state index >= 15 is 0 Å². The molecule has 0 radical (unpaired) electrons. The van der Waals surface area contributed by atoms with Gasteiger partial charge >= 0.3 is 0 Å². The van der Waals surface area contributed by atoms with Gasteiger partial charge in [-0.1, -0.05) is 12.1 Å². The summed E-state index contributed by atoms with van der Waals surface area (Å²) >= 11 is 0. The summed E-state index contributed by atoms with van der Waals surface area (Å²) in [5, 5.41) is 4.69. The molecule has 1 N–H and O–H groups in total. The summed E-state index contributed by atoms with van der Waals surface area (Å²) < 4.78 is 30.5. The van der Waals surface area contributed by atoms with Crippen LogP contribution in [0, 0.1) is 31.6 Å². The first-order valence-electron chi connectivity index (χ1n) is 9.99. The molecule has 27 heavy (non-hydrogen) atoms. The van der Waals surface area contributed by atoms with Gasteiger partial charge < -0.3 is 0 Å². The van der Waals surface area contributed by atoms with E-state index in [2.05, 4.69) is 14.5 Å². The minimum atomic E-state index is -3.64. The predicted molar refractivity (Wildman–Crippen MR) is 105 cm³/mol. The maximum absolute atomic E-state index is 12.9. The highest BCUT2D eigenvalue weighted by molar-refractivity contribution is 7.92. The summed E-state index contributed by atoms with van der Waals surface area (Å²) in [5.74, 6) is 2.91. The van der Waals surface area contributed by atoms with Crippen molar-refractivity contribution in [2.24, 2.45) is 17.8 Å². The lowest BCUT2D eigenvalue weighted by molar-refractivity contribution is -0.0492. The summed E-state index contributed by atoms with van der Waals surface area (Å²) in [4.78, 5) is 0.326. The van der Waals surface area contributed by atoms with Crippen LogP contribution >= 0.6 is 0 Å². The minimum absolute atomic E-state index is 0.109. The van der Waals surface area contributed by atoms with Crippen LogP contribution < -0.4 is 4.72 Å². The van der Waals surface area contributed by atoms with E-state index in [1.165, 1.54) is 38.5 Å². The molecule has 0 saturated heterocycles. The van der Waals surface area contributed by atoms with Gasteiger partial charge in [-0.05, 0) is 87.3 Å². The van der Waals surface area contributed by atoms with E-state index < -0.39 is 10.0 Å². The number of nitrogens with one attached hydrogen (secondary N) is 1. The number of hydrogen-bond acceptors (Lipinski definition) is 3. The monoisotopic (exact) mass is 385 g/mol. The molecule has 4 aliphatic carbocycles. The Morgan fingerprint density at radius 2 is 1.67 bits per heavy atom. The van der Waals surface area contributed by atoms with Gasteiger partial charge in [0.15, 0.2) is 5.82 Å². The second kappa shape index (κ2) is 5.84. The van der Waals surface area contributed by atoms with Gasteiger partial charge in [0.1, 0.15) is 0 Å². The number of benzene rings is 1. The van der Waals surface area contributed by atoms with E-state index in [0.29, 0.717) is 10.7 Å². The molecule has 0 unspecified atom stereocenters. The van der Waals surface area contributed by atoms with Gasteiger partial charge in [0.05, 0.1) is 10.4 Å². The van der Waals surface area contributed by atoms with Crippen molar-refractivity contribution in [3.05, 3.63) is 41.6 Å². The standard InChI is InChI=1S/C21H27N3O2S/c1-14-3-4-15(2)19(7-14)27(25,26)23-20-5-6-24(22-20)21-11-16-8-17(12-21)10-18(9-16)13-21/h3-7,16-18H,8-13H2,1-2H3,(H,22,23). The summed E-state index contributed by atoms with van der Waals surface area (Å²) in [6.45, 7) is 3.72. The molecule has 1 heterocycles. The summed E-state index contributed by atoms with van der Waals surface area (Å²) in [7, 11) is -3.64. The van der Waals surface area contributed by atoms with Crippen molar-refractivity contribution >= 4 is 15.8 Å². The molecule has 2 aromatic rings. The number of anilines is 1. The maximum Gasteiger partial charge on any atom is 0.263 e. The Morgan fingerprint density at radius 1 is 1.04 bits per heavy atom. The van der Waals surface area contributed by atoms with Crippen LogP contribution in [0.5, 0.6) is 0 Å². The zero-order chi connectivity index (χ0) is 18.8. The van der Waals surface area contributed by atoms with Crippen LogP contribution in [0.25, 0.3) is 0 Å². The third-order valence-electron chi connectivity index (χ3n) is 6.95. The van der Waals surface area contributed by atoms with Crippen LogP contribution in [-0.2, 0) is 15.6 Å². The Kier molecular flexibility index (Phi) is 3.74. The summed E-state index contributed by atoms with van der Waals surface area (Å²) in [6, 6.07) is 7.29.